The molecular formula is C68H89F18NO19S. The van der Waals surface area contributed by atoms with Crippen LogP contribution in [-0.2, 0) is 94.4 Å². The smallest absolute Gasteiger partial charge is 0.461 e. The van der Waals surface area contributed by atoms with Gasteiger partial charge in [-0.05, 0) is 125 Å². The Kier molecular flexibility index (Phi) is 35.6. The standard InChI is InChI=1S/C17H30O4.C16H16F6O3.C15H20F6O5.C13H10F6O3.C7H13NO4S/c1-13(2)14(18)21-17(7)9-8-16(6,10-17)20-12-19-11-15(3,4)5;1-9(2)12(23)25-14(4,16(20,21)22)11-7-5-10(6-8-11)13(3,24)15(17,18)19;1-8(2)9(22)24-12(6,7)13(14(16,17)18,15(19,20)21)26-10(23)25-11(3,4)5;1-2-8-3-5-9(6-4-8)7-22-10(20)11(21,12(14,15)16)13(17,18)19;1-6(2)7(9)12-5-4-8-13(3,10)11/h1,8-12H2,2-7H3;5-8,24H,1H2,2-4H3;1H2,2-7H3;2-6,21H,1,7H2;8H,1,4-5H2,2-3H3. The topological polar surface area (TPSA) is 272 Å². The summed E-state index contributed by atoms with van der Waals surface area (Å²) in [5, 5.41) is 18.3. The largest absolute Gasteiger partial charge is 0.510 e. The Bertz CT molecular complexity index is 3500. The van der Waals surface area contributed by atoms with Gasteiger partial charge in [0.15, 0.2) is 11.2 Å². The van der Waals surface area contributed by atoms with E-state index in [0.29, 0.717) is 81.7 Å². The average molecular weight is 1600 g/mol. The zero-order chi connectivity index (χ0) is 85.2. The van der Waals surface area contributed by atoms with E-state index in [-0.39, 0.29) is 48.1 Å². The van der Waals surface area contributed by atoms with E-state index >= 15 is 0 Å². The first-order valence-corrected chi connectivity index (χ1v) is 32.7. The highest BCUT2D eigenvalue weighted by Gasteiger charge is 2.83. The summed E-state index contributed by atoms with van der Waals surface area (Å²) in [6.45, 7) is 38.0. The first-order chi connectivity index (χ1) is 47.4. The maximum atomic E-state index is 13.5. The first kappa shape index (κ1) is 101. The summed E-state index contributed by atoms with van der Waals surface area (Å²) < 4.78 is 300. The Morgan fingerprint density at radius 3 is 1.33 bits per heavy atom. The molecule has 1 aliphatic rings. The molecule has 107 heavy (non-hydrogen) atoms. The first-order valence-electron chi connectivity index (χ1n) is 30.8. The summed E-state index contributed by atoms with van der Waals surface area (Å²) in [6, 6.07) is 8.41. The van der Waals surface area contributed by atoms with E-state index in [1.165, 1.54) is 58.0 Å². The van der Waals surface area contributed by atoms with Gasteiger partial charge >= 0.3 is 84.3 Å². The molecule has 1 aliphatic carbocycles. The van der Waals surface area contributed by atoms with E-state index in [0.717, 1.165) is 32.9 Å². The SMILES string of the molecule is C=C(C)C(=O)OC(C)(C)C(OC(=O)OC(C)(C)C)(C(F)(F)F)C(F)(F)F.C=C(C)C(=O)OC(C)(c1ccc(C(C)(O)C(F)(F)F)cc1)C(F)(F)F.C=C(C)C(=O)OC1(C)CCC(C)(OCOCC(C)(C)C)C1.C=C(C)C(=O)OCCNS(C)(=O)=O.C=Cc1ccc(COC(=O)C(O)(C(F)(F)F)C(F)(F)F)cc1. The molecule has 2 aromatic carbocycles. The van der Waals surface area contributed by atoms with E-state index in [2.05, 4.69) is 86.8 Å². The molecule has 0 amide bonds. The van der Waals surface area contributed by atoms with Crippen molar-refractivity contribution >= 4 is 52.1 Å². The predicted molar refractivity (Wildman–Crippen MR) is 348 cm³/mol. The number of carbonyl (C=O) groups excluding carboxylic acids is 6. The molecule has 0 bridgehead atoms. The minimum absolute atomic E-state index is 0.0127. The molecular weight excluding hydrogens is 1510 g/mol. The second-order valence-corrected chi connectivity index (χ2v) is 29.3. The van der Waals surface area contributed by atoms with Gasteiger partial charge in [0.25, 0.3) is 0 Å². The molecule has 612 valence electrons. The molecule has 0 spiro atoms. The summed E-state index contributed by atoms with van der Waals surface area (Å²) in [5.74, 6) is -6.51. The minimum Gasteiger partial charge on any atom is -0.461 e. The van der Waals surface area contributed by atoms with Crippen molar-refractivity contribution in [2.75, 3.05) is 32.8 Å². The number of alkyl halides is 18. The van der Waals surface area contributed by atoms with Crippen LogP contribution in [0.25, 0.3) is 6.08 Å². The van der Waals surface area contributed by atoms with Crippen molar-refractivity contribution in [3.8, 4) is 0 Å². The number of halogens is 18. The lowest BCUT2D eigenvalue weighted by atomic mass is 9.83. The van der Waals surface area contributed by atoms with E-state index < -0.39 is 140 Å². The molecule has 1 saturated carbocycles. The summed E-state index contributed by atoms with van der Waals surface area (Å²) >= 11 is 0. The van der Waals surface area contributed by atoms with Crippen LogP contribution in [0.4, 0.5) is 83.8 Å². The lowest BCUT2D eigenvalue weighted by Crippen LogP contribution is -2.72. The number of ether oxygens (including phenoxy) is 9. The molecule has 4 atom stereocenters. The molecule has 0 radical (unpaired) electrons. The second-order valence-electron chi connectivity index (χ2n) is 27.5. The van der Waals surface area contributed by atoms with Gasteiger partial charge in [-0.25, -0.2) is 41.9 Å². The summed E-state index contributed by atoms with van der Waals surface area (Å²) in [7, 11) is -3.21. The molecule has 3 rings (SSSR count). The zero-order valence-electron chi connectivity index (χ0n) is 61.4. The number of aliphatic hydroxyl groups is 2. The number of hydrogen-bond donors (Lipinski definition) is 3. The quantitative estimate of drug-likeness (QED) is 0.0233. The Morgan fingerprint density at radius 2 is 0.963 bits per heavy atom. The predicted octanol–water partition coefficient (Wildman–Crippen LogP) is 15.8. The van der Waals surface area contributed by atoms with Crippen LogP contribution in [-0.4, -0.2) is 158 Å². The maximum Gasteiger partial charge on any atom is 0.510 e. The second kappa shape index (κ2) is 37.6. The molecule has 0 saturated heterocycles. The Morgan fingerprint density at radius 1 is 0.542 bits per heavy atom. The minimum atomic E-state index is -6.25. The average Bonchev–Trinajstić information content (AvgIpc) is 1.21. The van der Waals surface area contributed by atoms with Crippen LogP contribution in [0.1, 0.15) is 152 Å². The molecule has 1 fully saturated rings. The molecule has 20 nitrogen and oxygen atoms in total. The van der Waals surface area contributed by atoms with Gasteiger partial charge in [0.05, 0.1) is 18.5 Å². The van der Waals surface area contributed by atoms with E-state index in [4.69, 9.17) is 19.3 Å². The summed E-state index contributed by atoms with van der Waals surface area (Å²) in [6.07, 6.45) is -32.4. The molecule has 39 heteroatoms. The summed E-state index contributed by atoms with van der Waals surface area (Å²) in [4.78, 5) is 68.3. The highest BCUT2D eigenvalue weighted by atomic mass is 32.2. The van der Waals surface area contributed by atoms with Gasteiger partial charge in [-0.1, -0.05) is 108 Å². The van der Waals surface area contributed by atoms with Crippen LogP contribution < -0.4 is 4.72 Å². The van der Waals surface area contributed by atoms with Crippen LogP contribution in [0.5, 0.6) is 0 Å². The van der Waals surface area contributed by atoms with Crippen molar-refractivity contribution in [3.05, 3.63) is 126 Å². The highest BCUT2D eigenvalue weighted by Crippen LogP contribution is 2.54. The van der Waals surface area contributed by atoms with Gasteiger partial charge in [-0.3, -0.25) is 0 Å². The number of hydrogen-bond acceptors (Lipinski definition) is 19. The lowest BCUT2D eigenvalue weighted by molar-refractivity contribution is -0.407. The molecule has 2 aromatic rings. The van der Waals surface area contributed by atoms with Crippen molar-refractivity contribution < 1.29 is 169 Å². The third-order valence-electron chi connectivity index (χ3n) is 14.1. The number of carbonyl (C=O) groups is 6. The molecule has 4 unspecified atom stereocenters. The molecule has 3 N–H and O–H groups in total. The van der Waals surface area contributed by atoms with Crippen molar-refractivity contribution in [3.63, 3.8) is 0 Å². The van der Waals surface area contributed by atoms with Crippen molar-refractivity contribution in [1.82, 2.24) is 4.72 Å². The van der Waals surface area contributed by atoms with Crippen LogP contribution in [0.3, 0.4) is 0 Å². The van der Waals surface area contributed by atoms with Crippen LogP contribution >= 0.6 is 0 Å². The maximum absolute atomic E-state index is 13.5. The van der Waals surface area contributed by atoms with Gasteiger partial charge in [-0.2, -0.15) is 79.0 Å². The normalized spacial score (nSPS) is 17.2. The van der Waals surface area contributed by atoms with Gasteiger partial charge in [0, 0.05) is 40.8 Å². The van der Waals surface area contributed by atoms with Crippen molar-refractivity contribution in [2.45, 2.75) is 219 Å². The number of sulfonamides is 1. The Labute approximate surface area is 606 Å². The fourth-order valence-corrected chi connectivity index (χ4v) is 8.59. The van der Waals surface area contributed by atoms with E-state index in [1.54, 1.807) is 6.92 Å². The molecule has 0 aliphatic heterocycles. The fraction of sp³-hybridized carbons (Fsp3) is 0.588. The van der Waals surface area contributed by atoms with Crippen molar-refractivity contribution in [2.24, 2.45) is 5.41 Å². The number of esters is 5. The van der Waals surface area contributed by atoms with Gasteiger partial charge < -0.3 is 52.8 Å². The van der Waals surface area contributed by atoms with Gasteiger partial charge in [0.2, 0.25) is 15.6 Å². The fourth-order valence-electron chi connectivity index (χ4n) is 8.14. The molecule has 0 heterocycles. The number of rotatable bonds is 23. The number of benzene rings is 2. The van der Waals surface area contributed by atoms with Crippen LogP contribution in [0.15, 0.2) is 104 Å². The monoisotopic (exact) mass is 1600 g/mol. The van der Waals surface area contributed by atoms with Crippen LogP contribution in [0, 0.1) is 5.41 Å². The van der Waals surface area contributed by atoms with Crippen LogP contribution in [0.2, 0.25) is 0 Å². The highest BCUT2D eigenvalue weighted by molar-refractivity contribution is 7.88. The summed E-state index contributed by atoms with van der Waals surface area (Å²) in [5.41, 5.74) is -23.0. The third-order valence-corrected chi connectivity index (χ3v) is 14.8. The van der Waals surface area contributed by atoms with Gasteiger partial charge in [-0.15, -0.1) is 0 Å². The molecule has 0 aromatic heterocycles. The van der Waals surface area contributed by atoms with E-state index in [9.17, 15) is 121 Å². The van der Waals surface area contributed by atoms with Crippen molar-refractivity contribution in [1.29, 1.82) is 0 Å². The number of nitrogens with one attached hydrogen (secondary N) is 1. The van der Waals surface area contributed by atoms with E-state index in [1.807, 2.05) is 13.8 Å². The Balaban J connectivity index is 0. The zero-order valence-corrected chi connectivity index (χ0v) is 62.3. The lowest BCUT2D eigenvalue weighted by Gasteiger charge is -2.45. The third kappa shape index (κ3) is 31.0. The Hall–Kier alpha value is -7.75. The van der Waals surface area contributed by atoms with Gasteiger partial charge in [0.1, 0.15) is 31.2 Å².